The van der Waals surface area contributed by atoms with E-state index in [0.29, 0.717) is 5.57 Å². The second-order valence-electron chi connectivity index (χ2n) is 2.15. The lowest BCUT2D eigenvalue weighted by Gasteiger charge is -2.08. The Kier molecular flexibility index (Phi) is 3.17. The van der Waals surface area contributed by atoms with Gasteiger partial charge in [-0.05, 0) is 19.9 Å². The Morgan fingerprint density at radius 3 is 2.09 bits per heavy atom. The molecule has 0 radical (unpaired) electrons. The Balaban J connectivity index is 4.07. The van der Waals surface area contributed by atoms with Gasteiger partial charge in [-0.2, -0.15) is 0 Å². The molecule has 0 aromatic rings. The van der Waals surface area contributed by atoms with Gasteiger partial charge in [-0.15, -0.1) is 13.2 Å². The fourth-order valence-corrected chi connectivity index (χ4v) is 0.559. The summed E-state index contributed by atoms with van der Waals surface area (Å²) < 4.78 is 37.9. The van der Waals surface area contributed by atoms with E-state index in [1.165, 1.54) is 13.0 Å². The average Bonchev–Trinajstić information content (AvgIpc) is 1.53. The number of hydrogen-bond donors (Lipinski definition) is 0. The molecule has 0 unspecified atom stereocenters. The molecule has 0 aliphatic rings. The third-order valence-corrected chi connectivity index (χ3v) is 0.726. The normalized spacial score (nSPS) is 13.0. The molecule has 0 aliphatic heterocycles. The van der Waals surface area contributed by atoms with Gasteiger partial charge >= 0.3 is 6.36 Å². The van der Waals surface area contributed by atoms with Crippen molar-refractivity contribution in [2.24, 2.45) is 0 Å². The first-order valence-electron chi connectivity index (χ1n) is 2.91. The number of allylic oxidation sites excluding steroid dienone is 3. The van der Waals surface area contributed by atoms with Gasteiger partial charge in [-0.1, -0.05) is 12.2 Å². The van der Waals surface area contributed by atoms with Gasteiger partial charge in [0, 0.05) is 0 Å². The van der Waals surface area contributed by atoms with Crippen LogP contribution in [0.1, 0.15) is 13.8 Å². The van der Waals surface area contributed by atoms with Crippen molar-refractivity contribution in [2.45, 2.75) is 20.2 Å². The molecule has 11 heavy (non-hydrogen) atoms. The van der Waals surface area contributed by atoms with Crippen molar-refractivity contribution in [1.29, 1.82) is 0 Å². The van der Waals surface area contributed by atoms with Crippen LogP contribution >= 0.6 is 0 Å². The first-order chi connectivity index (χ1) is 4.81. The summed E-state index contributed by atoms with van der Waals surface area (Å²) in [4.78, 5) is 0. The summed E-state index contributed by atoms with van der Waals surface area (Å²) >= 11 is 0. The molecule has 0 saturated carbocycles. The average molecular weight is 166 g/mol. The standard InChI is InChI=1S/C7H9F3O/c1-5(2)4-6(3)11-7(8,9)10/h4H,1H2,2-3H3/b6-4+. The van der Waals surface area contributed by atoms with Crippen LogP contribution in [0, 0.1) is 0 Å². The smallest absolute Gasteiger partial charge is 0.411 e. The van der Waals surface area contributed by atoms with Crippen molar-refractivity contribution in [1.82, 2.24) is 0 Å². The lowest BCUT2D eigenvalue weighted by atomic mass is 10.3. The molecule has 0 fully saturated rings. The van der Waals surface area contributed by atoms with Gasteiger partial charge in [0.2, 0.25) is 0 Å². The van der Waals surface area contributed by atoms with Crippen LogP contribution in [0.25, 0.3) is 0 Å². The molecule has 0 N–H and O–H groups in total. The summed E-state index contributed by atoms with van der Waals surface area (Å²) in [7, 11) is 0. The van der Waals surface area contributed by atoms with Gasteiger partial charge in [-0.3, -0.25) is 0 Å². The highest BCUT2D eigenvalue weighted by Crippen LogP contribution is 2.20. The predicted octanol–water partition coefficient (Wildman–Crippen LogP) is 3.00. The maximum absolute atomic E-state index is 11.5. The molecular formula is C7H9F3O. The van der Waals surface area contributed by atoms with Crippen molar-refractivity contribution < 1.29 is 17.9 Å². The van der Waals surface area contributed by atoms with Crippen LogP contribution in [0.2, 0.25) is 0 Å². The second kappa shape index (κ2) is 3.46. The molecule has 4 heteroatoms. The summed E-state index contributed by atoms with van der Waals surface area (Å²) in [6.45, 7) is 6.21. The first kappa shape index (κ1) is 10.1. The Labute approximate surface area is 63.2 Å². The minimum Gasteiger partial charge on any atom is -0.411 e. The van der Waals surface area contributed by atoms with Crippen LogP contribution in [0.15, 0.2) is 24.0 Å². The lowest BCUT2D eigenvalue weighted by molar-refractivity contribution is -0.305. The zero-order valence-electron chi connectivity index (χ0n) is 6.33. The van der Waals surface area contributed by atoms with Crippen LogP contribution in [-0.2, 0) is 4.74 Å². The van der Waals surface area contributed by atoms with Crippen LogP contribution in [0.3, 0.4) is 0 Å². The summed E-state index contributed by atoms with van der Waals surface area (Å²) in [5.74, 6) is -0.204. The minimum absolute atomic E-state index is 0.204. The molecule has 0 spiro atoms. The van der Waals surface area contributed by atoms with E-state index in [1.54, 1.807) is 6.92 Å². The van der Waals surface area contributed by atoms with Crippen LogP contribution in [0.4, 0.5) is 13.2 Å². The Hall–Kier alpha value is -0.930. The number of hydrogen-bond acceptors (Lipinski definition) is 1. The third kappa shape index (κ3) is 6.96. The molecule has 0 aromatic heterocycles. The van der Waals surface area contributed by atoms with Gasteiger partial charge in [0.1, 0.15) is 5.76 Å². The first-order valence-corrected chi connectivity index (χ1v) is 2.91. The van der Waals surface area contributed by atoms with E-state index in [4.69, 9.17) is 0 Å². The van der Waals surface area contributed by atoms with Gasteiger partial charge < -0.3 is 4.74 Å². The van der Waals surface area contributed by atoms with Gasteiger partial charge in [0.05, 0.1) is 0 Å². The van der Waals surface area contributed by atoms with Crippen molar-refractivity contribution in [2.75, 3.05) is 0 Å². The molecule has 0 heterocycles. The van der Waals surface area contributed by atoms with Crippen LogP contribution < -0.4 is 0 Å². The second-order valence-corrected chi connectivity index (χ2v) is 2.15. The predicted molar refractivity (Wildman–Crippen MR) is 35.7 cm³/mol. The summed E-state index contributed by atoms with van der Waals surface area (Å²) in [5.41, 5.74) is 0.520. The van der Waals surface area contributed by atoms with Crippen molar-refractivity contribution >= 4 is 0 Å². The van der Waals surface area contributed by atoms with Crippen molar-refractivity contribution in [3.05, 3.63) is 24.0 Å². The quantitative estimate of drug-likeness (QED) is 0.452. The summed E-state index contributed by atoms with van der Waals surface area (Å²) in [6, 6.07) is 0. The van der Waals surface area contributed by atoms with Gasteiger partial charge in [0.15, 0.2) is 0 Å². The highest BCUT2D eigenvalue weighted by atomic mass is 19.4. The van der Waals surface area contributed by atoms with E-state index >= 15 is 0 Å². The fraction of sp³-hybridized carbons (Fsp3) is 0.429. The Morgan fingerprint density at radius 1 is 1.36 bits per heavy atom. The van der Waals surface area contributed by atoms with Gasteiger partial charge in [0.25, 0.3) is 0 Å². The highest BCUT2D eigenvalue weighted by Gasteiger charge is 2.30. The molecule has 0 aromatic carbocycles. The van der Waals surface area contributed by atoms with E-state index in [9.17, 15) is 13.2 Å². The van der Waals surface area contributed by atoms with Crippen LogP contribution in [-0.4, -0.2) is 6.36 Å². The highest BCUT2D eigenvalue weighted by molar-refractivity contribution is 5.13. The zero-order valence-corrected chi connectivity index (χ0v) is 6.33. The molecule has 0 saturated heterocycles. The van der Waals surface area contributed by atoms with E-state index < -0.39 is 6.36 Å². The molecule has 0 rings (SSSR count). The molecule has 64 valence electrons. The van der Waals surface area contributed by atoms with Crippen molar-refractivity contribution in [3.8, 4) is 0 Å². The summed E-state index contributed by atoms with van der Waals surface area (Å²) in [5, 5.41) is 0. The number of halogens is 3. The van der Waals surface area contributed by atoms with E-state index in [1.807, 2.05) is 0 Å². The maximum Gasteiger partial charge on any atom is 0.572 e. The van der Waals surface area contributed by atoms with E-state index in [0.717, 1.165) is 0 Å². The topological polar surface area (TPSA) is 9.23 Å². The maximum atomic E-state index is 11.5. The lowest BCUT2D eigenvalue weighted by Crippen LogP contribution is -2.11. The third-order valence-electron chi connectivity index (χ3n) is 0.726. The minimum atomic E-state index is -4.60. The van der Waals surface area contributed by atoms with Crippen LogP contribution in [0.5, 0.6) is 0 Å². The van der Waals surface area contributed by atoms with E-state index in [2.05, 4.69) is 11.3 Å². The molecule has 0 aliphatic carbocycles. The van der Waals surface area contributed by atoms with E-state index in [-0.39, 0.29) is 5.76 Å². The molecule has 0 bridgehead atoms. The monoisotopic (exact) mass is 166 g/mol. The Morgan fingerprint density at radius 2 is 1.82 bits per heavy atom. The molecular weight excluding hydrogens is 157 g/mol. The zero-order chi connectivity index (χ0) is 9.07. The number of ether oxygens (including phenoxy) is 1. The van der Waals surface area contributed by atoms with Crippen molar-refractivity contribution in [3.63, 3.8) is 0 Å². The molecule has 0 amide bonds. The SMILES string of the molecule is C=C(C)/C=C(\C)OC(F)(F)F. The Bertz CT molecular complexity index is 179. The summed E-state index contributed by atoms with van der Waals surface area (Å²) in [6.07, 6.45) is -3.39. The fourth-order valence-electron chi connectivity index (χ4n) is 0.559. The number of alkyl halides is 3. The largest absolute Gasteiger partial charge is 0.572 e. The van der Waals surface area contributed by atoms with Gasteiger partial charge in [-0.25, -0.2) is 0 Å². The molecule has 0 atom stereocenters. The molecule has 1 nitrogen and oxygen atoms in total. The number of rotatable bonds is 2.